The van der Waals surface area contributed by atoms with Gasteiger partial charge < -0.3 is 0 Å². The van der Waals surface area contributed by atoms with Crippen LogP contribution in [0.2, 0.25) is 0 Å². The minimum absolute atomic E-state index is 0.407. The fourth-order valence-electron chi connectivity index (χ4n) is 1.18. The maximum Gasteiger partial charge on any atom is 0.623 e. The van der Waals surface area contributed by atoms with Crippen LogP contribution in [0.3, 0.4) is 0 Å². The smallest absolute Gasteiger partial charge is 0.195 e. The highest BCUT2D eigenvalue weighted by atomic mass is 16.7. The maximum atomic E-state index is 11.2. The van der Waals surface area contributed by atoms with Gasteiger partial charge in [-0.15, -0.1) is 0 Å². The molecule has 0 aromatic heterocycles. The molecule has 1 rings (SSSR count). The molecule has 0 heterocycles. The Hall–Kier alpha value is -1.87. The molecule has 0 saturated carbocycles. The monoisotopic (exact) mass is 231 g/mol. The van der Waals surface area contributed by atoms with E-state index in [9.17, 15) is 4.79 Å². The van der Waals surface area contributed by atoms with Gasteiger partial charge in [0.2, 0.25) is 0 Å². The molecule has 0 aliphatic carbocycles. The van der Waals surface area contributed by atoms with Crippen LogP contribution in [0.1, 0.15) is 18.1 Å². The summed E-state index contributed by atoms with van der Waals surface area (Å²) in [6, 6.07) is 8.02. The summed E-state index contributed by atoms with van der Waals surface area (Å²) in [4.78, 5) is 16.0. The highest BCUT2D eigenvalue weighted by Gasteiger charge is 2.11. The van der Waals surface area contributed by atoms with Crippen molar-refractivity contribution in [3.05, 3.63) is 59.7 Å². The fourth-order valence-corrected chi connectivity index (χ4v) is 1.18. The molecule has 89 valence electrons. The van der Waals surface area contributed by atoms with Crippen LogP contribution >= 0.6 is 0 Å². The number of hydroxylamine groups is 1. The van der Waals surface area contributed by atoms with E-state index in [2.05, 4.69) is 5.48 Å². The van der Waals surface area contributed by atoms with Gasteiger partial charge in [0, 0.05) is 0 Å². The van der Waals surface area contributed by atoms with E-state index in [-0.39, 0.29) is 0 Å². The second kappa shape index (κ2) is 7.41. The summed E-state index contributed by atoms with van der Waals surface area (Å²) in [5.41, 5.74) is 4.90. The lowest BCUT2D eigenvalue weighted by molar-refractivity contribution is -0.145. The van der Waals surface area contributed by atoms with E-state index in [1.165, 1.54) is 11.6 Å². The van der Waals surface area contributed by atoms with Crippen LogP contribution < -0.4 is 5.48 Å². The molecule has 3 heteroatoms. The quantitative estimate of drug-likeness (QED) is 0.366. The summed E-state index contributed by atoms with van der Waals surface area (Å²) >= 11 is 0. The summed E-state index contributed by atoms with van der Waals surface area (Å²) in [7, 11) is 0. The lowest BCUT2D eigenvalue weighted by atomic mass is 10.2. The van der Waals surface area contributed by atoms with Crippen LogP contribution in [0.15, 0.2) is 48.6 Å². The normalized spacial score (nSPS) is 11.2. The minimum atomic E-state index is -0.407. The van der Waals surface area contributed by atoms with Gasteiger partial charge in [-0.05, 0) is 31.0 Å². The average Bonchev–Trinajstić information content (AvgIpc) is 2.32. The Morgan fingerprint density at radius 2 is 2.00 bits per heavy atom. The number of benzene rings is 1. The molecule has 0 atom stereocenters. The summed E-state index contributed by atoms with van der Waals surface area (Å²) in [6.45, 7) is 4.41. The van der Waals surface area contributed by atoms with Crippen molar-refractivity contribution < 1.29 is 9.63 Å². The van der Waals surface area contributed by atoms with Crippen LogP contribution in [0.5, 0.6) is 0 Å². The highest BCUT2D eigenvalue weighted by molar-refractivity contribution is 5.81. The Morgan fingerprint density at radius 3 is 2.65 bits per heavy atom. The first kappa shape index (κ1) is 13.2. The van der Waals surface area contributed by atoms with Gasteiger partial charge in [0.25, 0.3) is 0 Å². The predicted octanol–water partition coefficient (Wildman–Crippen LogP) is 2.68. The van der Waals surface area contributed by atoms with E-state index in [4.69, 9.17) is 4.84 Å². The minimum Gasteiger partial charge on any atom is -0.195 e. The topological polar surface area (TPSA) is 41.2 Å². The number of hydrogen-bond donors (Lipinski definition) is 1. The van der Waals surface area contributed by atoms with Crippen LogP contribution in [0.25, 0.3) is 0 Å². The van der Waals surface area contributed by atoms with E-state index in [1.54, 1.807) is 12.2 Å². The fraction of sp³-hybridized carbons (Fsp3) is 0.214. The first-order valence-corrected chi connectivity index (χ1v) is 5.51. The van der Waals surface area contributed by atoms with Gasteiger partial charge in [-0.3, -0.25) is 0 Å². The summed E-state index contributed by atoms with van der Waals surface area (Å²) in [5.74, 6) is -0.407. The van der Waals surface area contributed by atoms with Gasteiger partial charge in [0.05, 0.1) is 17.4 Å². The summed E-state index contributed by atoms with van der Waals surface area (Å²) in [5, 5.41) is 0. The van der Waals surface area contributed by atoms with Gasteiger partial charge >= 0.3 is 5.97 Å². The number of carbonyl (C=O) groups excluding carboxylic acids is 1. The third-order valence-corrected chi connectivity index (χ3v) is 2.11. The van der Waals surface area contributed by atoms with Crippen molar-refractivity contribution >= 4 is 5.97 Å². The van der Waals surface area contributed by atoms with Crippen LogP contribution in [0.4, 0.5) is 0 Å². The molecule has 0 spiro atoms. The lowest BCUT2D eigenvalue weighted by Gasteiger charge is -1.98. The van der Waals surface area contributed by atoms with Crippen molar-refractivity contribution in [2.75, 3.05) is 0 Å². The van der Waals surface area contributed by atoms with E-state index >= 15 is 0 Å². The molecule has 1 N–H and O–H groups in total. The third-order valence-electron chi connectivity index (χ3n) is 2.11. The van der Waals surface area contributed by atoms with E-state index < -0.39 is 5.97 Å². The standard InChI is InChI=1S/C14H17NO2/c1-3-4-5-6-14(16)17-15-11-13-9-7-12(2)8-10-13/h3-10,15H,11H2,1-2H3/q+1/b4-3+,6-5+. The average molecular weight is 231 g/mol. The van der Waals surface area contributed by atoms with E-state index in [0.717, 1.165) is 5.56 Å². The molecule has 1 aromatic rings. The van der Waals surface area contributed by atoms with Gasteiger partial charge in [-0.25, -0.2) is 0 Å². The van der Waals surface area contributed by atoms with Gasteiger partial charge in [0.1, 0.15) is 0 Å². The van der Waals surface area contributed by atoms with Crippen molar-refractivity contribution in [3.8, 4) is 0 Å². The van der Waals surface area contributed by atoms with Crippen molar-refractivity contribution in [3.63, 3.8) is 0 Å². The van der Waals surface area contributed by atoms with Crippen molar-refractivity contribution in [1.82, 2.24) is 5.48 Å². The molecule has 1 aromatic carbocycles. The van der Waals surface area contributed by atoms with E-state index in [1.807, 2.05) is 44.2 Å². The number of rotatable bonds is 5. The van der Waals surface area contributed by atoms with E-state index in [0.29, 0.717) is 6.54 Å². The van der Waals surface area contributed by atoms with Crippen molar-refractivity contribution in [2.24, 2.45) is 0 Å². The first-order valence-electron chi connectivity index (χ1n) is 5.51. The largest absolute Gasteiger partial charge is 0.623 e. The third kappa shape index (κ3) is 5.68. The van der Waals surface area contributed by atoms with Gasteiger partial charge in [-0.1, -0.05) is 42.0 Å². The second-order valence-electron chi connectivity index (χ2n) is 3.61. The number of allylic oxidation sites excluding steroid dienone is 3. The lowest BCUT2D eigenvalue weighted by Crippen LogP contribution is -2.17. The molecule has 0 aliphatic heterocycles. The Labute approximate surface area is 102 Å². The molecule has 1 radical (unpaired) electrons. The molecule has 0 aliphatic rings. The number of hydrogen-bond acceptors (Lipinski definition) is 3. The SMILES string of the molecule is C/C=C/C=C/C(=[O+])ONCc1ccc(C)cc1. The first-order chi connectivity index (χ1) is 8.22. The number of carbonyl (C=O) groups is 1. The molecule has 0 saturated heterocycles. The molecular formula is C14H17NO2+. The van der Waals surface area contributed by atoms with Crippen LogP contribution in [-0.4, -0.2) is 5.97 Å². The molecule has 17 heavy (non-hydrogen) atoms. The summed E-state index contributed by atoms with van der Waals surface area (Å²) in [6.07, 6.45) is 6.60. The molecule has 3 nitrogen and oxygen atoms in total. The van der Waals surface area contributed by atoms with Crippen molar-refractivity contribution in [2.45, 2.75) is 20.4 Å². The van der Waals surface area contributed by atoms with Gasteiger partial charge in [-0.2, -0.15) is 4.84 Å². The maximum absolute atomic E-state index is 11.2. The second-order valence-corrected chi connectivity index (χ2v) is 3.61. The Morgan fingerprint density at radius 1 is 1.29 bits per heavy atom. The molecule has 0 amide bonds. The molecule has 0 bridgehead atoms. The Bertz CT molecular complexity index is 405. The predicted molar refractivity (Wildman–Crippen MR) is 68.1 cm³/mol. The molecular weight excluding hydrogens is 214 g/mol. The zero-order valence-electron chi connectivity index (χ0n) is 10.1. The Kier molecular flexibility index (Phi) is 5.75. The Balaban J connectivity index is 2.28. The molecule has 0 fully saturated rings. The molecule has 0 unspecified atom stereocenters. The summed E-state index contributed by atoms with van der Waals surface area (Å²) < 4.78 is 0. The van der Waals surface area contributed by atoms with Crippen LogP contribution in [-0.2, 0) is 16.2 Å². The number of aryl methyl sites for hydroxylation is 1. The zero-order valence-corrected chi connectivity index (χ0v) is 10.1. The van der Waals surface area contributed by atoms with Crippen LogP contribution in [0, 0.1) is 6.92 Å². The number of nitrogens with one attached hydrogen (secondary N) is 1. The zero-order chi connectivity index (χ0) is 12.5. The highest BCUT2D eigenvalue weighted by Crippen LogP contribution is 2.02. The van der Waals surface area contributed by atoms with Gasteiger partial charge in [0.15, 0.2) is 0 Å². The van der Waals surface area contributed by atoms with Crippen molar-refractivity contribution in [1.29, 1.82) is 0 Å².